The number of aryl methyl sites for hydroxylation is 1. The summed E-state index contributed by atoms with van der Waals surface area (Å²) in [6.07, 6.45) is 1.51. The smallest absolute Gasteiger partial charge is 0.323 e. The number of carbonyl (C=O) groups excluding carboxylic acids is 2. The van der Waals surface area contributed by atoms with Crippen molar-refractivity contribution in [2.24, 2.45) is 0 Å². The van der Waals surface area contributed by atoms with Crippen LogP contribution in [-0.2, 0) is 6.54 Å². The van der Waals surface area contributed by atoms with Gasteiger partial charge in [-0.2, -0.15) is 5.10 Å². The van der Waals surface area contributed by atoms with E-state index in [-0.39, 0.29) is 5.91 Å². The number of amides is 3. The van der Waals surface area contributed by atoms with Gasteiger partial charge in [-0.3, -0.25) is 4.79 Å². The van der Waals surface area contributed by atoms with E-state index in [0.717, 1.165) is 16.9 Å². The zero-order chi connectivity index (χ0) is 25.7. The lowest BCUT2D eigenvalue weighted by Crippen LogP contribution is -2.20. The van der Waals surface area contributed by atoms with Gasteiger partial charge in [0, 0.05) is 22.0 Å². The SMILES string of the molecule is COc1ccc(Cn2ncc(NC(=O)c3cc(NC(=O)Nc4cccc(Cl)c4)ccc3C)c2N)cc1. The summed E-state index contributed by atoms with van der Waals surface area (Å²) in [4.78, 5) is 25.4. The molecule has 1 aromatic heterocycles. The summed E-state index contributed by atoms with van der Waals surface area (Å²) in [6, 6.07) is 19.0. The number of aromatic nitrogens is 2. The Labute approximate surface area is 213 Å². The Morgan fingerprint density at radius 1 is 1.00 bits per heavy atom. The first-order valence-corrected chi connectivity index (χ1v) is 11.4. The number of nitrogen functional groups attached to an aromatic ring is 1. The molecule has 0 spiro atoms. The number of hydrogen-bond donors (Lipinski definition) is 4. The first-order valence-electron chi connectivity index (χ1n) is 11.0. The number of nitrogens with two attached hydrogens (primary N) is 1. The monoisotopic (exact) mass is 504 g/mol. The minimum absolute atomic E-state index is 0.326. The molecule has 0 bridgehead atoms. The number of anilines is 4. The number of halogens is 1. The van der Waals surface area contributed by atoms with Gasteiger partial charge in [-0.25, -0.2) is 9.48 Å². The van der Waals surface area contributed by atoms with Crippen LogP contribution in [0.15, 0.2) is 72.9 Å². The van der Waals surface area contributed by atoms with E-state index in [1.54, 1.807) is 61.2 Å². The van der Waals surface area contributed by atoms with Crippen LogP contribution in [0.4, 0.5) is 27.7 Å². The average Bonchev–Trinajstić information content (AvgIpc) is 3.19. The number of rotatable bonds is 7. The molecule has 0 unspecified atom stereocenters. The minimum atomic E-state index is -0.462. The summed E-state index contributed by atoms with van der Waals surface area (Å²) in [5.74, 6) is 0.711. The highest BCUT2D eigenvalue weighted by molar-refractivity contribution is 6.30. The number of nitrogens with zero attached hydrogens (tertiary/aromatic N) is 2. The quantitative estimate of drug-likeness (QED) is 0.269. The summed E-state index contributed by atoms with van der Waals surface area (Å²) in [6.45, 7) is 2.24. The maximum absolute atomic E-state index is 13.0. The van der Waals surface area contributed by atoms with E-state index in [4.69, 9.17) is 22.1 Å². The van der Waals surface area contributed by atoms with E-state index in [2.05, 4.69) is 21.0 Å². The minimum Gasteiger partial charge on any atom is -0.497 e. The van der Waals surface area contributed by atoms with Crippen molar-refractivity contribution in [1.29, 1.82) is 0 Å². The van der Waals surface area contributed by atoms with E-state index in [1.165, 1.54) is 6.20 Å². The number of hydrogen-bond acceptors (Lipinski definition) is 5. The average molecular weight is 505 g/mol. The molecule has 5 N–H and O–H groups in total. The Balaban J connectivity index is 1.43. The molecule has 36 heavy (non-hydrogen) atoms. The molecule has 0 radical (unpaired) electrons. The summed E-state index contributed by atoms with van der Waals surface area (Å²) in [5, 5.41) is 13.0. The van der Waals surface area contributed by atoms with Gasteiger partial charge < -0.3 is 26.4 Å². The zero-order valence-corrected chi connectivity index (χ0v) is 20.5. The van der Waals surface area contributed by atoms with Crippen LogP contribution in [0.25, 0.3) is 0 Å². The highest BCUT2D eigenvalue weighted by Gasteiger charge is 2.15. The van der Waals surface area contributed by atoms with Crippen LogP contribution in [0.3, 0.4) is 0 Å². The van der Waals surface area contributed by atoms with E-state index in [1.807, 2.05) is 24.3 Å². The van der Waals surface area contributed by atoms with Crippen molar-refractivity contribution < 1.29 is 14.3 Å². The van der Waals surface area contributed by atoms with Crippen LogP contribution >= 0.6 is 11.6 Å². The number of benzene rings is 3. The van der Waals surface area contributed by atoms with Crippen molar-refractivity contribution in [3.05, 3.63) is 94.6 Å². The van der Waals surface area contributed by atoms with Crippen LogP contribution in [0, 0.1) is 6.92 Å². The fourth-order valence-corrected chi connectivity index (χ4v) is 3.70. The molecule has 0 saturated heterocycles. The third kappa shape index (κ3) is 5.94. The van der Waals surface area contributed by atoms with E-state index >= 15 is 0 Å². The molecular weight excluding hydrogens is 480 g/mol. The molecular formula is C26H25ClN6O3. The Bertz CT molecular complexity index is 1400. The highest BCUT2D eigenvalue weighted by Crippen LogP contribution is 2.23. The van der Waals surface area contributed by atoms with Crippen LogP contribution < -0.4 is 26.4 Å². The summed E-state index contributed by atoms with van der Waals surface area (Å²) >= 11 is 5.96. The van der Waals surface area contributed by atoms with Crippen LogP contribution in [0.1, 0.15) is 21.5 Å². The summed E-state index contributed by atoms with van der Waals surface area (Å²) in [5.41, 5.74) is 9.73. The highest BCUT2D eigenvalue weighted by atomic mass is 35.5. The van der Waals surface area contributed by atoms with Gasteiger partial charge in [-0.1, -0.05) is 35.9 Å². The Morgan fingerprint density at radius 2 is 1.72 bits per heavy atom. The van der Waals surface area contributed by atoms with Gasteiger partial charge in [-0.15, -0.1) is 0 Å². The lowest BCUT2D eigenvalue weighted by molar-refractivity contribution is 0.102. The molecule has 3 amide bonds. The lowest BCUT2D eigenvalue weighted by atomic mass is 10.1. The number of urea groups is 1. The van der Waals surface area contributed by atoms with E-state index < -0.39 is 6.03 Å². The summed E-state index contributed by atoms with van der Waals surface area (Å²) in [7, 11) is 1.61. The molecule has 0 saturated carbocycles. The summed E-state index contributed by atoms with van der Waals surface area (Å²) < 4.78 is 6.78. The van der Waals surface area contributed by atoms with Crippen LogP contribution in [-0.4, -0.2) is 28.8 Å². The third-order valence-electron chi connectivity index (χ3n) is 5.44. The first-order chi connectivity index (χ1) is 17.3. The fraction of sp³-hybridized carbons (Fsp3) is 0.115. The molecule has 3 aromatic carbocycles. The molecule has 0 aliphatic rings. The van der Waals surface area contributed by atoms with Crippen molar-refractivity contribution in [2.45, 2.75) is 13.5 Å². The normalized spacial score (nSPS) is 10.5. The number of ether oxygens (including phenoxy) is 1. The third-order valence-corrected chi connectivity index (χ3v) is 5.68. The second kappa shape index (κ2) is 10.8. The van der Waals surface area contributed by atoms with Gasteiger partial charge in [0.1, 0.15) is 17.3 Å². The maximum Gasteiger partial charge on any atom is 0.323 e. The van der Waals surface area contributed by atoms with Crippen LogP contribution in [0.5, 0.6) is 5.75 Å². The Kier molecular flexibility index (Phi) is 7.41. The van der Waals surface area contributed by atoms with Crippen molar-refractivity contribution in [1.82, 2.24) is 9.78 Å². The van der Waals surface area contributed by atoms with Crippen molar-refractivity contribution >= 4 is 46.4 Å². The lowest BCUT2D eigenvalue weighted by Gasteiger charge is -2.12. The van der Waals surface area contributed by atoms with Crippen molar-refractivity contribution in [2.75, 3.05) is 28.8 Å². The predicted octanol–water partition coefficient (Wildman–Crippen LogP) is 5.38. The van der Waals surface area contributed by atoms with Gasteiger partial charge >= 0.3 is 6.03 Å². The zero-order valence-electron chi connectivity index (χ0n) is 19.7. The molecule has 4 aromatic rings. The van der Waals surface area contributed by atoms with E-state index in [0.29, 0.717) is 40.0 Å². The van der Waals surface area contributed by atoms with Crippen molar-refractivity contribution in [3.8, 4) is 5.75 Å². The molecule has 0 fully saturated rings. The number of nitrogens with one attached hydrogen (secondary N) is 3. The maximum atomic E-state index is 13.0. The number of carbonyl (C=O) groups is 2. The standard InChI is InChI=1S/C26H25ClN6O3/c1-16-6-9-20(31-26(35)30-19-5-3-4-18(27)12-19)13-22(16)25(34)32-23-14-29-33(24(23)28)15-17-7-10-21(36-2)11-8-17/h3-14H,15,28H2,1-2H3,(H,32,34)(H2,30,31,35). The number of methoxy groups -OCH3 is 1. The van der Waals surface area contributed by atoms with Gasteiger partial charge in [0.05, 0.1) is 19.9 Å². The van der Waals surface area contributed by atoms with E-state index in [9.17, 15) is 9.59 Å². The van der Waals surface area contributed by atoms with Crippen LogP contribution in [0.2, 0.25) is 5.02 Å². The fourth-order valence-electron chi connectivity index (χ4n) is 3.51. The van der Waals surface area contributed by atoms with Crippen molar-refractivity contribution in [3.63, 3.8) is 0 Å². The van der Waals surface area contributed by atoms with Gasteiger partial charge in [-0.05, 0) is 60.5 Å². The topological polar surface area (TPSA) is 123 Å². The predicted molar refractivity (Wildman–Crippen MR) is 142 cm³/mol. The van der Waals surface area contributed by atoms with Gasteiger partial charge in [0.2, 0.25) is 0 Å². The molecule has 184 valence electrons. The second-order valence-electron chi connectivity index (χ2n) is 8.02. The molecule has 0 aliphatic carbocycles. The molecule has 4 rings (SSSR count). The molecule has 0 aliphatic heterocycles. The molecule has 9 nitrogen and oxygen atoms in total. The largest absolute Gasteiger partial charge is 0.497 e. The Hall–Kier alpha value is -4.50. The van der Waals surface area contributed by atoms with Gasteiger partial charge in [0.25, 0.3) is 5.91 Å². The molecule has 1 heterocycles. The molecule has 10 heteroatoms. The molecule has 0 atom stereocenters. The Morgan fingerprint density at radius 3 is 2.42 bits per heavy atom. The van der Waals surface area contributed by atoms with Gasteiger partial charge in [0.15, 0.2) is 0 Å². The second-order valence-corrected chi connectivity index (χ2v) is 8.46. The first kappa shape index (κ1) is 24.6.